The molecule has 0 radical (unpaired) electrons. The molecule has 0 amide bonds. The van der Waals surface area contributed by atoms with Crippen LogP contribution in [0.25, 0.3) is 6.08 Å². The normalized spacial score (nSPS) is 11.7. The number of rotatable bonds is 11. The lowest BCUT2D eigenvalue weighted by Gasteiger charge is -2.08. The third-order valence-corrected chi connectivity index (χ3v) is 3.80. The summed E-state index contributed by atoms with van der Waals surface area (Å²) in [6.45, 7) is 7.27. The van der Waals surface area contributed by atoms with Crippen molar-refractivity contribution in [2.24, 2.45) is 0 Å². The number of hydrogen-bond donors (Lipinski definition) is 0. The van der Waals surface area contributed by atoms with Gasteiger partial charge in [0.05, 0.1) is 6.61 Å². The minimum Gasteiger partial charge on any atom is -0.493 e. The monoisotopic (exact) mass is 288 g/mol. The summed E-state index contributed by atoms with van der Waals surface area (Å²) in [7, 11) is 0. The van der Waals surface area contributed by atoms with Crippen molar-refractivity contribution in [3.05, 3.63) is 35.4 Å². The van der Waals surface area contributed by atoms with E-state index in [0.29, 0.717) is 0 Å². The maximum Gasteiger partial charge on any atom is 0.126 e. The van der Waals surface area contributed by atoms with Gasteiger partial charge in [-0.1, -0.05) is 75.3 Å². The molecular formula is C20H32O. The summed E-state index contributed by atoms with van der Waals surface area (Å²) >= 11 is 0. The molecule has 0 atom stereocenters. The number of ether oxygens (including phenoxy) is 1. The van der Waals surface area contributed by atoms with Gasteiger partial charge in [0.2, 0.25) is 0 Å². The van der Waals surface area contributed by atoms with Crippen LogP contribution in [0.3, 0.4) is 0 Å². The standard InChI is InChI=1S/C20H32O/c1-4-6-7-8-9-10-11-14-18(3)17-19-15-12-13-16-20(19)21-5-2/h12-13,15-17H,4-11,14H2,1-3H3. The average Bonchev–Trinajstić information content (AvgIpc) is 2.48. The quantitative estimate of drug-likeness (QED) is 0.415. The molecule has 0 aliphatic heterocycles. The van der Waals surface area contributed by atoms with Crippen molar-refractivity contribution in [2.45, 2.75) is 72.1 Å². The number of para-hydroxylation sites is 1. The van der Waals surface area contributed by atoms with E-state index >= 15 is 0 Å². The predicted molar refractivity (Wildman–Crippen MR) is 93.9 cm³/mol. The fourth-order valence-electron chi connectivity index (χ4n) is 2.59. The molecular weight excluding hydrogens is 256 g/mol. The first kappa shape index (κ1) is 17.8. The topological polar surface area (TPSA) is 9.23 Å². The Bertz CT molecular complexity index is 406. The van der Waals surface area contributed by atoms with E-state index in [1.165, 1.54) is 62.5 Å². The molecule has 0 spiro atoms. The number of hydrogen-bond acceptors (Lipinski definition) is 1. The van der Waals surface area contributed by atoms with Gasteiger partial charge in [-0.3, -0.25) is 0 Å². The summed E-state index contributed by atoms with van der Waals surface area (Å²) in [5.74, 6) is 0.999. The van der Waals surface area contributed by atoms with E-state index in [1.54, 1.807) is 0 Å². The summed E-state index contributed by atoms with van der Waals surface area (Å²) in [6, 6.07) is 8.30. The van der Waals surface area contributed by atoms with E-state index in [1.807, 2.05) is 13.0 Å². The van der Waals surface area contributed by atoms with Crippen LogP contribution in [-0.4, -0.2) is 6.61 Å². The molecule has 118 valence electrons. The first-order valence-corrected chi connectivity index (χ1v) is 8.67. The third kappa shape index (κ3) is 7.94. The van der Waals surface area contributed by atoms with E-state index < -0.39 is 0 Å². The van der Waals surface area contributed by atoms with Gasteiger partial charge in [0.25, 0.3) is 0 Å². The molecule has 0 aliphatic carbocycles. The number of allylic oxidation sites excluding steroid dienone is 1. The van der Waals surface area contributed by atoms with Crippen molar-refractivity contribution < 1.29 is 4.74 Å². The first-order chi connectivity index (χ1) is 10.3. The van der Waals surface area contributed by atoms with E-state index in [2.05, 4.69) is 38.1 Å². The van der Waals surface area contributed by atoms with E-state index in [-0.39, 0.29) is 0 Å². The van der Waals surface area contributed by atoms with Crippen LogP contribution in [0.1, 0.15) is 77.7 Å². The lowest BCUT2D eigenvalue weighted by molar-refractivity contribution is 0.339. The molecule has 21 heavy (non-hydrogen) atoms. The maximum absolute atomic E-state index is 5.67. The van der Waals surface area contributed by atoms with Gasteiger partial charge < -0.3 is 4.74 Å². The van der Waals surface area contributed by atoms with Crippen LogP contribution >= 0.6 is 0 Å². The smallest absolute Gasteiger partial charge is 0.126 e. The second-order valence-corrected chi connectivity index (χ2v) is 5.83. The van der Waals surface area contributed by atoms with Crippen LogP contribution in [0, 0.1) is 0 Å². The zero-order valence-corrected chi connectivity index (χ0v) is 14.2. The van der Waals surface area contributed by atoms with E-state index in [4.69, 9.17) is 4.74 Å². The second-order valence-electron chi connectivity index (χ2n) is 5.83. The van der Waals surface area contributed by atoms with Gasteiger partial charge in [-0.2, -0.15) is 0 Å². The van der Waals surface area contributed by atoms with E-state index in [0.717, 1.165) is 12.4 Å². The van der Waals surface area contributed by atoms with Gasteiger partial charge >= 0.3 is 0 Å². The van der Waals surface area contributed by atoms with Gasteiger partial charge in [0.15, 0.2) is 0 Å². The van der Waals surface area contributed by atoms with Crippen LogP contribution in [0.2, 0.25) is 0 Å². The van der Waals surface area contributed by atoms with Crippen molar-refractivity contribution in [3.8, 4) is 5.75 Å². The molecule has 0 saturated heterocycles. The second kappa shape index (κ2) is 11.4. The molecule has 0 aromatic heterocycles. The molecule has 0 fully saturated rings. The van der Waals surface area contributed by atoms with Gasteiger partial charge in [-0.25, -0.2) is 0 Å². The Kier molecular flexibility index (Phi) is 9.69. The largest absolute Gasteiger partial charge is 0.493 e. The highest BCUT2D eigenvalue weighted by atomic mass is 16.5. The first-order valence-electron chi connectivity index (χ1n) is 8.67. The van der Waals surface area contributed by atoms with Crippen LogP contribution < -0.4 is 4.74 Å². The Hall–Kier alpha value is -1.24. The van der Waals surface area contributed by atoms with Crippen LogP contribution in [0.15, 0.2) is 29.8 Å². The molecule has 0 unspecified atom stereocenters. The highest BCUT2D eigenvalue weighted by Gasteiger charge is 2.00. The molecule has 0 saturated carbocycles. The zero-order chi connectivity index (χ0) is 15.3. The summed E-state index contributed by atoms with van der Waals surface area (Å²) in [6.07, 6.45) is 13.1. The molecule has 1 aromatic carbocycles. The van der Waals surface area contributed by atoms with Crippen molar-refractivity contribution in [1.29, 1.82) is 0 Å². The number of benzene rings is 1. The van der Waals surface area contributed by atoms with Crippen molar-refractivity contribution in [1.82, 2.24) is 0 Å². The highest BCUT2D eigenvalue weighted by Crippen LogP contribution is 2.22. The van der Waals surface area contributed by atoms with Gasteiger partial charge in [-0.05, 0) is 32.8 Å². The van der Waals surface area contributed by atoms with Gasteiger partial charge in [0.1, 0.15) is 5.75 Å². The molecule has 0 bridgehead atoms. The van der Waals surface area contributed by atoms with Gasteiger partial charge in [-0.15, -0.1) is 0 Å². The summed E-state index contributed by atoms with van der Waals surface area (Å²) in [5, 5.41) is 0. The average molecular weight is 288 g/mol. The Morgan fingerprint density at radius 2 is 1.62 bits per heavy atom. The van der Waals surface area contributed by atoms with Crippen molar-refractivity contribution >= 4 is 6.08 Å². The molecule has 0 N–H and O–H groups in total. The SMILES string of the molecule is CCCCCCCCCC(C)=Cc1ccccc1OCC. The molecule has 1 nitrogen and oxygen atoms in total. The molecule has 1 rings (SSSR count). The maximum atomic E-state index is 5.67. The molecule has 0 aliphatic rings. The molecule has 0 heterocycles. The zero-order valence-electron chi connectivity index (χ0n) is 14.2. The fraction of sp³-hybridized carbons (Fsp3) is 0.600. The minimum atomic E-state index is 0.724. The predicted octanol–water partition coefficient (Wildman–Crippen LogP) is 6.63. The van der Waals surface area contributed by atoms with Crippen LogP contribution in [0.5, 0.6) is 5.75 Å². The molecule has 1 heteroatoms. The Morgan fingerprint density at radius 1 is 0.952 bits per heavy atom. The lowest BCUT2D eigenvalue weighted by Crippen LogP contribution is -1.93. The number of unbranched alkanes of at least 4 members (excludes halogenated alkanes) is 6. The van der Waals surface area contributed by atoms with Crippen LogP contribution in [-0.2, 0) is 0 Å². The third-order valence-electron chi connectivity index (χ3n) is 3.80. The summed E-state index contributed by atoms with van der Waals surface area (Å²) in [4.78, 5) is 0. The lowest BCUT2D eigenvalue weighted by atomic mass is 10.0. The highest BCUT2D eigenvalue weighted by molar-refractivity contribution is 5.59. The fourth-order valence-corrected chi connectivity index (χ4v) is 2.59. The Morgan fingerprint density at radius 3 is 2.33 bits per heavy atom. The van der Waals surface area contributed by atoms with Crippen LogP contribution in [0.4, 0.5) is 0 Å². The van der Waals surface area contributed by atoms with E-state index in [9.17, 15) is 0 Å². The van der Waals surface area contributed by atoms with Gasteiger partial charge in [0, 0.05) is 5.56 Å². The Labute approximate surface area is 131 Å². The summed E-state index contributed by atoms with van der Waals surface area (Å²) in [5.41, 5.74) is 2.66. The molecule has 1 aromatic rings. The summed E-state index contributed by atoms with van der Waals surface area (Å²) < 4.78 is 5.67. The Balaban J connectivity index is 2.32. The minimum absolute atomic E-state index is 0.724. The van der Waals surface area contributed by atoms with Crippen molar-refractivity contribution in [3.63, 3.8) is 0 Å². The van der Waals surface area contributed by atoms with Crippen molar-refractivity contribution in [2.75, 3.05) is 6.61 Å².